The molecule has 27 heavy (non-hydrogen) atoms. The minimum absolute atomic E-state index is 0. The van der Waals surface area contributed by atoms with Crippen molar-refractivity contribution in [3.8, 4) is 0 Å². The zero-order valence-electron chi connectivity index (χ0n) is 16.0. The Morgan fingerprint density at radius 1 is 1.00 bits per heavy atom. The van der Waals surface area contributed by atoms with Gasteiger partial charge in [0.25, 0.3) is 0 Å². The zero-order chi connectivity index (χ0) is 17.1. The molecule has 3 heterocycles. The molecule has 1 N–H and O–H groups in total. The Morgan fingerprint density at radius 3 is 2.48 bits per heavy atom. The average molecular weight is 414 g/mol. The van der Waals surface area contributed by atoms with Crippen molar-refractivity contribution < 1.29 is 4.79 Å². The number of likely N-dealkylation sites (tertiary alicyclic amines) is 2. The van der Waals surface area contributed by atoms with E-state index < -0.39 is 0 Å². The molecule has 2 atom stereocenters. The molecule has 1 aromatic rings. The highest BCUT2D eigenvalue weighted by atomic mass is 35.5. The largest absolute Gasteiger partial charge is 0.339 e. The van der Waals surface area contributed by atoms with Gasteiger partial charge in [0.05, 0.1) is 0 Å². The van der Waals surface area contributed by atoms with Crippen molar-refractivity contribution >= 4 is 30.7 Å². The number of carbonyl (C=O) groups excluding carboxylic acids is 1. The fourth-order valence-electron chi connectivity index (χ4n) is 4.99. The van der Waals surface area contributed by atoms with Crippen LogP contribution in [0.15, 0.2) is 30.3 Å². The summed E-state index contributed by atoms with van der Waals surface area (Å²) in [5.74, 6) is 1.78. The highest BCUT2D eigenvalue weighted by Gasteiger charge is 2.39. The van der Waals surface area contributed by atoms with Gasteiger partial charge in [-0.15, -0.1) is 24.8 Å². The van der Waals surface area contributed by atoms with E-state index in [0.29, 0.717) is 23.8 Å². The SMILES string of the molecule is Cl.Cl.O=C1CC[C@H]2CN(Cc3ccccc3)CC[C@H]2N1CC1CCNCC1. The molecule has 6 heteroatoms. The minimum Gasteiger partial charge on any atom is -0.339 e. The van der Waals surface area contributed by atoms with Gasteiger partial charge in [-0.2, -0.15) is 0 Å². The van der Waals surface area contributed by atoms with Crippen LogP contribution in [-0.2, 0) is 11.3 Å². The smallest absolute Gasteiger partial charge is 0.222 e. The quantitative estimate of drug-likeness (QED) is 0.821. The van der Waals surface area contributed by atoms with Gasteiger partial charge in [-0.05, 0) is 56.2 Å². The molecule has 4 nitrogen and oxygen atoms in total. The molecule has 0 bridgehead atoms. The molecule has 1 amide bonds. The number of fused-ring (bicyclic) bond motifs is 1. The van der Waals surface area contributed by atoms with Crippen molar-refractivity contribution in [2.24, 2.45) is 11.8 Å². The summed E-state index contributed by atoms with van der Waals surface area (Å²) in [6.07, 6.45) is 5.43. The number of benzene rings is 1. The van der Waals surface area contributed by atoms with E-state index in [0.717, 1.165) is 58.5 Å². The third-order valence-corrected chi connectivity index (χ3v) is 6.39. The van der Waals surface area contributed by atoms with E-state index in [4.69, 9.17) is 0 Å². The van der Waals surface area contributed by atoms with Crippen LogP contribution < -0.4 is 5.32 Å². The Hall–Kier alpha value is -0.810. The van der Waals surface area contributed by atoms with Gasteiger partial charge >= 0.3 is 0 Å². The third-order valence-electron chi connectivity index (χ3n) is 6.39. The molecule has 0 aliphatic carbocycles. The van der Waals surface area contributed by atoms with E-state index in [1.54, 1.807) is 0 Å². The highest BCUT2D eigenvalue weighted by molar-refractivity contribution is 5.85. The lowest BCUT2D eigenvalue weighted by Crippen LogP contribution is -2.57. The minimum atomic E-state index is 0. The van der Waals surface area contributed by atoms with Gasteiger partial charge in [0.1, 0.15) is 0 Å². The van der Waals surface area contributed by atoms with Crippen LogP contribution in [0.1, 0.15) is 37.7 Å². The number of piperidine rings is 3. The van der Waals surface area contributed by atoms with Gasteiger partial charge in [-0.25, -0.2) is 0 Å². The van der Waals surface area contributed by atoms with Gasteiger partial charge in [0, 0.05) is 38.6 Å². The van der Waals surface area contributed by atoms with Crippen molar-refractivity contribution in [1.29, 1.82) is 0 Å². The first-order valence-electron chi connectivity index (χ1n) is 10.1. The molecule has 3 fully saturated rings. The molecular formula is C21H33Cl2N3O. The maximum Gasteiger partial charge on any atom is 0.222 e. The van der Waals surface area contributed by atoms with Crippen LogP contribution in [0.4, 0.5) is 0 Å². The first-order chi connectivity index (χ1) is 12.3. The topological polar surface area (TPSA) is 35.6 Å². The van der Waals surface area contributed by atoms with Crippen LogP contribution in [0.5, 0.6) is 0 Å². The molecule has 4 rings (SSSR count). The van der Waals surface area contributed by atoms with Crippen molar-refractivity contribution in [2.45, 2.75) is 44.7 Å². The number of hydrogen-bond donors (Lipinski definition) is 1. The molecule has 3 aliphatic rings. The second-order valence-corrected chi connectivity index (χ2v) is 8.11. The van der Waals surface area contributed by atoms with Crippen molar-refractivity contribution in [3.63, 3.8) is 0 Å². The van der Waals surface area contributed by atoms with Gasteiger partial charge in [0.15, 0.2) is 0 Å². The van der Waals surface area contributed by atoms with Crippen molar-refractivity contribution in [2.75, 3.05) is 32.7 Å². The summed E-state index contributed by atoms with van der Waals surface area (Å²) >= 11 is 0. The van der Waals surface area contributed by atoms with Crippen molar-refractivity contribution in [3.05, 3.63) is 35.9 Å². The predicted octanol–water partition coefficient (Wildman–Crippen LogP) is 3.34. The molecule has 0 unspecified atom stereocenters. The monoisotopic (exact) mass is 413 g/mol. The number of rotatable bonds is 4. The lowest BCUT2D eigenvalue weighted by molar-refractivity contribution is -0.142. The van der Waals surface area contributed by atoms with E-state index in [9.17, 15) is 4.79 Å². The Labute approximate surface area is 175 Å². The average Bonchev–Trinajstić information content (AvgIpc) is 2.66. The van der Waals surface area contributed by atoms with Crippen LogP contribution in [0.2, 0.25) is 0 Å². The van der Waals surface area contributed by atoms with Crippen LogP contribution in [0.3, 0.4) is 0 Å². The summed E-state index contributed by atoms with van der Waals surface area (Å²) in [6.45, 7) is 6.55. The van der Waals surface area contributed by atoms with E-state index in [1.165, 1.54) is 18.4 Å². The summed E-state index contributed by atoms with van der Waals surface area (Å²) in [7, 11) is 0. The fourth-order valence-corrected chi connectivity index (χ4v) is 4.99. The number of nitrogens with zero attached hydrogens (tertiary/aromatic N) is 2. The standard InChI is InChI=1S/C21H31N3O.2ClH/c25-21-7-6-19-16-23(14-17-4-2-1-3-5-17)13-10-20(19)24(21)15-18-8-11-22-12-9-18;;/h1-5,18-20,22H,6-16H2;2*1H/t19-,20+;;/m0../s1. The summed E-state index contributed by atoms with van der Waals surface area (Å²) in [6, 6.07) is 11.3. The Balaban J connectivity index is 0.00000131. The molecule has 3 aliphatic heterocycles. The molecule has 152 valence electrons. The van der Waals surface area contributed by atoms with Gasteiger partial charge in [-0.3, -0.25) is 9.69 Å². The summed E-state index contributed by atoms with van der Waals surface area (Å²) in [4.78, 5) is 17.5. The second kappa shape index (κ2) is 10.7. The van der Waals surface area contributed by atoms with Crippen LogP contribution in [0, 0.1) is 11.8 Å². The first kappa shape index (κ1) is 22.5. The highest BCUT2D eigenvalue weighted by Crippen LogP contribution is 2.33. The molecule has 0 radical (unpaired) electrons. The normalized spacial score (nSPS) is 26.7. The Morgan fingerprint density at radius 2 is 1.74 bits per heavy atom. The number of nitrogens with one attached hydrogen (secondary N) is 1. The molecular weight excluding hydrogens is 381 g/mol. The summed E-state index contributed by atoms with van der Waals surface area (Å²) < 4.78 is 0. The maximum atomic E-state index is 12.6. The number of hydrogen-bond acceptors (Lipinski definition) is 3. The Bertz CT molecular complexity index is 580. The van der Waals surface area contributed by atoms with Crippen LogP contribution >= 0.6 is 24.8 Å². The third kappa shape index (κ3) is 5.60. The zero-order valence-corrected chi connectivity index (χ0v) is 17.6. The molecule has 0 spiro atoms. The van der Waals surface area contributed by atoms with Crippen molar-refractivity contribution in [1.82, 2.24) is 15.1 Å². The molecule has 3 saturated heterocycles. The van der Waals surface area contributed by atoms with Gasteiger partial charge in [0.2, 0.25) is 5.91 Å². The van der Waals surface area contributed by atoms with Gasteiger partial charge in [-0.1, -0.05) is 30.3 Å². The van der Waals surface area contributed by atoms with E-state index in [1.807, 2.05) is 0 Å². The van der Waals surface area contributed by atoms with E-state index in [2.05, 4.69) is 45.4 Å². The van der Waals surface area contributed by atoms with E-state index >= 15 is 0 Å². The van der Waals surface area contributed by atoms with E-state index in [-0.39, 0.29) is 24.8 Å². The van der Waals surface area contributed by atoms with Crippen LogP contribution in [-0.4, -0.2) is 54.5 Å². The molecule has 0 saturated carbocycles. The maximum absolute atomic E-state index is 12.6. The second-order valence-electron chi connectivity index (χ2n) is 8.11. The summed E-state index contributed by atoms with van der Waals surface area (Å²) in [5.41, 5.74) is 1.40. The predicted molar refractivity (Wildman–Crippen MR) is 115 cm³/mol. The number of carbonyl (C=O) groups is 1. The molecule has 1 aromatic carbocycles. The lowest BCUT2D eigenvalue weighted by atomic mass is 9.82. The van der Waals surface area contributed by atoms with Crippen LogP contribution in [0.25, 0.3) is 0 Å². The molecule has 0 aromatic heterocycles. The Kier molecular flexibility index (Phi) is 8.87. The summed E-state index contributed by atoms with van der Waals surface area (Å²) in [5, 5.41) is 3.44. The number of amides is 1. The fraction of sp³-hybridized carbons (Fsp3) is 0.667. The lowest BCUT2D eigenvalue weighted by Gasteiger charge is -2.48. The van der Waals surface area contributed by atoms with Gasteiger partial charge < -0.3 is 10.2 Å². The first-order valence-corrected chi connectivity index (χ1v) is 10.1. The number of halogens is 2.